The molecule has 2 aromatic rings. The Morgan fingerprint density at radius 1 is 1.24 bits per heavy atom. The quantitative estimate of drug-likeness (QED) is 0.938. The molecule has 3 rings (SSSR count). The van der Waals surface area contributed by atoms with E-state index < -0.39 is 0 Å². The lowest BCUT2D eigenvalue weighted by atomic mass is 9.95. The van der Waals surface area contributed by atoms with Crippen LogP contribution >= 0.6 is 0 Å². The van der Waals surface area contributed by atoms with Gasteiger partial charge in [-0.15, -0.1) is 0 Å². The molecule has 1 aromatic heterocycles. The maximum atomic E-state index is 6.09. The summed E-state index contributed by atoms with van der Waals surface area (Å²) in [6, 6.07) is 10.0. The van der Waals surface area contributed by atoms with Gasteiger partial charge in [0.25, 0.3) is 0 Å². The number of nitrogens with zero attached hydrogens (tertiary/aromatic N) is 1. The lowest BCUT2D eigenvalue weighted by Crippen LogP contribution is -2.29. The van der Waals surface area contributed by atoms with Crippen LogP contribution in [0.3, 0.4) is 0 Å². The smallest absolute Gasteiger partial charge is 0.214 e. The van der Waals surface area contributed by atoms with Gasteiger partial charge in [0.1, 0.15) is 6.10 Å². The molecule has 0 radical (unpaired) electrons. The second kappa shape index (κ2) is 6.41. The van der Waals surface area contributed by atoms with Crippen LogP contribution in [0.25, 0.3) is 10.9 Å². The zero-order valence-corrected chi connectivity index (χ0v) is 12.4. The van der Waals surface area contributed by atoms with E-state index in [2.05, 4.69) is 11.1 Å². The highest BCUT2D eigenvalue weighted by Gasteiger charge is 2.23. The van der Waals surface area contributed by atoms with Crippen LogP contribution in [0.5, 0.6) is 5.88 Å². The third-order valence-corrected chi connectivity index (χ3v) is 4.20. The van der Waals surface area contributed by atoms with Crippen LogP contribution in [0.1, 0.15) is 31.2 Å². The monoisotopic (exact) mass is 286 g/mol. The Bertz CT molecular complexity index is 615. The van der Waals surface area contributed by atoms with Crippen LogP contribution in [0.4, 0.5) is 0 Å². The van der Waals surface area contributed by atoms with Crippen molar-refractivity contribution in [2.24, 2.45) is 5.73 Å². The highest BCUT2D eigenvalue weighted by molar-refractivity contribution is 5.82. The number of nitrogens with two attached hydrogens (primary N) is 1. The molecule has 4 nitrogen and oxygen atoms in total. The number of ether oxygens (including phenoxy) is 2. The van der Waals surface area contributed by atoms with E-state index >= 15 is 0 Å². The molecule has 1 saturated carbocycles. The number of aromatic nitrogens is 1. The third-order valence-electron chi connectivity index (χ3n) is 4.20. The van der Waals surface area contributed by atoms with Crippen molar-refractivity contribution in [2.45, 2.75) is 44.4 Å². The molecular formula is C17H22N2O2. The first kappa shape index (κ1) is 14.3. The van der Waals surface area contributed by atoms with Gasteiger partial charge >= 0.3 is 0 Å². The number of hydrogen-bond acceptors (Lipinski definition) is 4. The third kappa shape index (κ3) is 3.17. The Morgan fingerprint density at radius 3 is 2.86 bits per heavy atom. The van der Waals surface area contributed by atoms with Gasteiger partial charge in [0, 0.05) is 31.5 Å². The Hall–Kier alpha value is -1.65. The Kier molecular flexibility index (Phi) is 4.36. The minimum atomic E-state index is 0.183. The van der Waals surface area contributed by atoms with Gasteiger partial charge in [-0.05, 0) is 30.9 Å². The summed E-state index contributed by atoms with van der Waals surface area (Å²) in [5.41, 5.74) is 7.88. The Morgan fingerprint density at radius 2 is 2.05 bits per heavy atom. The van der Waals surface area contributed by atoms with Gasteiger partial charge in [-0.3, -0.25) is 0 Å². The van der Waals surface area contributed by atoms with E-state index in [0.717, 1.165) is 42.1 Å². The molecule has 112 valence electrons. The molecule has 2 unspecified atom stereocenters. The molecule has 0 saturated heterocycles. The molecular weight excluding hydrogens is 264 g/mol. The molecule has 0 amide bonds. The van der Waals surface area contributed by atoms with Gasteiger partial charge in [0.05, 0.1) is 11.6 Å². The van der Waals surface area contributed by atoms with Crippen LogP contribution in [0, 0.1) is 0 Å². The van der Waals surface area contributed by atoms with Gasteiger partial charge in [-0.2, -0.15) is 0 Å². The molecule has 1 aliphatic rings. The van der Waals surface area contributed by atoms with Gasteiger partial charge in [0.2, 0.25) is 5.88 Å². The maximum Gasteiger partial charge on any atom is 0.214 e. The summed E-state index contributed by atoms with van der Waals surface area (Å²) < 4.78 is 11.5. The van der Waals surface area contributed by atoms with Crippen molar-refractivity contribution in [3.63, 3.8) is 0 Å². The number of methoxy groups -OCH3 is 1. The number of pyridine rings is 1. The van der Waals surface area contributed by atoms with Crippen LogP contribution in [-0.4, -0.2) is 24.3 Å². The van der Waals surface area contributed by atoms with Crippen molar-refractivity contribution in [2.75, 3.05) is 7.11 Å². The van der Waals surface area contributed by atoms with Gasteiger partial charge in [-0.1, -0.05) is 18.2 Å². The molecule has 4 heteroatoms. The zero-order valence-electron chi connectivity index (χ0n) is 12.4. The average molecular weight is 286 g/mol. The van der Waals surface area contributed by atoms with Crippen LogP contribution in [-0.2, 0) is 11.3 Å². The standard InChI is InChI=1S/C17H22N2O2/c1-20-13-5-4-6-14(10-13)21-17-9-12(11-18)15-7-2-3-8-16(15)19-17/h2-3,7-9,13-14H,4-6,10-11,18H2,1H3. The molecule has 1 aliphatic carbocycles. The largest absolute Gasteiger partial charge is 0.474 e. The fourth-order valence-corrected chi connectivity index (χ4v) is 3.04. The van der Waals surface area contributed by atoms with Crippen molar-refractivity contribution in [3.05, 3.63) is 35.9 Å². The van der Waals surface area contributed by atoms with Crippen molar-refractivity contribution in [1.29, 1.82) is 0 Å². The molecule has 2 N–H and O–H groups in total. The summed E-state index contributed by atoms with van der Waals surface area (Å²) in [4.78, 5) is 4.61. The van der Waals surface area contributed by atoms with Crippen LogP contribution in [0.2, 0.25) is 0 Å². The van der Waals surface area contributed by atoms with E-state index in [-0.39, 0.29) is 6.10 Å². The maximum absolute atomic E-state index is 6.09. The number of hydrogen-bond donors (Lipinski definition) is 1. The molecule has 1 aromatic carbocycles. The summed E-state index contributed by atoms with van der Waals surface area (Å²) in [6.45, 7) is 0.491. The fourth-order valence-electron chi connectivity index (χ4n) is 3.04. The van der Waals surface area contributed by atoms with E-state index in [1.165, 1.54) is 0 Å². The molecule has 0 bridgehead atoms. The molecule has 1 fully saturated rings. The number of rotatable bonds is 4. The van der Waals surface area contributed by atoms with E-state index in [9.17, 15) is 0 Å². The highest BCUT2D eigenvalue weighted by Crippen LogP contribution is 2.27. The first-order valence-corrected chi connectivity index (χ1v) is 7.58. The van der Waals surface area contributed by atoms with Gasteiger partial charge in [0.15, 0.2) is 0 Å². The summed E-state index contributed by atoms with van der Waals surface area (Å²) in [5, 5.41) is 1.10. The predicted octanol–water partition coefficient (Wildman–Crippen LogP) is 3.03. The summed E-state index contributed by atoms with van der Waals surface area (Å²) in [7, 11) is 1.77. The van der Waals surface area contributed by atoms with E-state index in [0.29, 0.717) is 18.5 Å². The fraction of sp³-hybridized carbons (Fsp3) is 0.471. The summed E-state index contributed by atoms with van der Waals surface area (Å²) in [6.07, 6.45) is 4.74. The second-order valence-corrected chi connectivity index (χ2v) is 5.61. The zero-order chi connectivity index (χ0) is 14.7. The molecule has 0 spiro atoms. The van der Waals surface area contributed by atoms with Crippen molar-refractivity contribution >= 4 is 10.9 Å². The topological polar surface area (TPSA) is 57.4 Å². The van der Waals surface area contributed by atoms with Crippen molar-refractivity contribution in [1.82, 2.24) is 4.98 Å². The minimum absolute atomic E-state index is 0.183. The minimum Gasteiger partial charge on any atom is -0.474 e. The van der Waals surface area contributed by atoms with Crippen LogP contribution < -0.4 is 10.5 Å². The Balaban J connectivity index is 1.83. The lowest BCUT2D eigenvalue weighted by Gasteiger charge is -2.28. The molecule has 1 heterocycles. The van der Waals surface area contributed by atoms with Crippen molar-refractivity contribution < 1.29 is 9.47 Å². The number of benzene rings is 1. The van der Waals surface area contributed by atoms with E-state index in [1.807, 2.05) is 24.3 Å². The predicted molar refractivity (Wildman–Crippen MR) is 83.3 cm³/mol. The first-order chi connectivity index (χ1) is 10.3. The van der Waals surface area contributed by atoms with Crippen molar-refractivity contribution in [3.8, 4) is 5.88 Å². The van der Waals surface area contributed by atoms with E-state index in [4.69, 9.17) is 15.2 Å². The van der Waals surface area contributed by atoms with E-state index in [1.54, 1.807) is 7.11 Å². The number of fused-ring (bicyclic) bond motifs is 1. The Labute approximate surface area is 125 Å². The molecule has 2 atom stereocenters. The highest BCUT2D eigenvalue weighted by atomic mass is 16.5. The SMILES string of the molecule is COC1CCCC(Oc2cc(CN)c3ccccc3n2)C1. The normalized spacial score (nSPS) is 22.4. The summed E-state index contributed by atoms with van der Waals surface area (Å²) >= 11 is 0. The lowest BCUT2D eigenvalue weighted by molar-refractivity contribution is 0.0196. The molecule has 21 heavy (non-hydrogen) atoms. The average Bonchev–Trinajstić information content (AvgIpc) is 2.54. The van der Waals surface area contributed by atoms with Crippen LogP contribution in [0.15, 0.2) is 30.3 Å². The second-order valence-electron chi connectivity index (χ2n) is 5.61. The molecule has 0 aliphatic heterocycles. The first-order valence-electron chi connectivity index (χ1n) is 7.58. The van der Waals surface area contributed by atoms with Gasteiger partial charge < -0.3 is 15.2 Å². The van der Waals surface area contributed by atoms with Gasteiger partial charge in [-0.25, -0.2) is 4.98 Å². The number of para-hydroxylation sites is 1. The summed E-state index contributed by atoms with van der Waals surface area (Å²) in [5.74, 6) is 0.677.